The molecular formula is C11H14N4. The van der Waals surface area contributed by atoms with Crippen LogP contribution in [0.25, 0.3) is 0 Å². The molecule has 0 aliphatic heterocycles. The summed E-state index contributed by atoms with van der Waals surface area (Å²) in [5, 5.41) is 0. The molecule has 0 saturated carbocycles. The average molecular weight is 202 g/mol. The lowest BCUT2D eigenvalue weighted by molar-refractivity contribution is 0.657. The zero-order chi connectivity index (χ0) is 10.7. The number of imidazole rings is 1. The summed E-state index contributed by atoms with van der Waals surface area (Å²) in [6.45, 7) is 0. The Bertz CT molecular complexity index is 421. The molecule has 15 heavy (non-hydrogen) atoms. The van der Waals surface area contributed by atoms with Gasteiger partial charge in [0.25, 0.3) is 0 Å². The fourth-order valence-electron chi connectivity index (χ4n) is 1.50. The Morgan fingerprint density at radius 1 is 1.47 bits per heavy atom. The van der Waals surface area contributed by atoms with Crippen molar-refractivity contribution in [2.24, 2.45) is 12.8 Å². The number of nitrogens with zero attached hydrogens (tertiary/aromatic N) is 3. The molecule has 0 saturated heterocycles. The van der Waals surface area contributed by atoms with Gasteiger partial charge < -0.3 is 10.3 Å². The van der Waals surface area contributed by atoms with Crippen LogP contribution in [0.5, 0.6) is 0 Å². The van der Waals surface area contributed by atoms with Crippen LogP contribution in [-0.2, 0) is 13.5 Å². The van der Waals surface area contributed by atoms with Crippen molar-refractivity contribution in [2.45, 2.75) is 12.5 Å². The molecule has 2 aromatic heterocycles. The monoisotopic (exact) mass is 202 g/mol. The van der Waals surface area contributed by atoms with E-state index >= 15 is 0 Å². The topological polar surface area (TPSA) is 56.7 Å². The van der Waals surface area contributed by atoms with E-state index in [1.807, 2.05) is 29.9 Å². The normalized spacial score (nSPS) is 12.7. The van der Waals surface area contributed by atoms with Gasteiger partial charge in [-0.15, -0.1) is 0 Å². The van der Waals surface area contributed by atoms with E-state index in [-0.39, 0.29) is 6.04 Å². The molecule has 0 amide bonds. The molecule has 0 bridgehead atoms. The first-order valence-electron chi connectivity index (χ1n) is 4.89. The molecule has 2 N–H and O–H groups in total. The molecule has 1 unspecified atom stereocenters. The Morgan fingerprint density at radius 2 is 2.33 bits per heavy atom. The first-order chi connectivity index (χ1) is 7.27. The van der Waals surface area contributed by atoms with Crippen molar-refractivity contribution in [3.05, 3.63) is 48.3 Å². The standard InChI is InChI=1S/C11H14N4/c1-15-6-5-14-11(15)7-10(12)9-3-2-4-13-8-9/h2-6,8,10H,7,12H2,1H3. The summed E-state index contributed by atoms with van der Waals surface area (Å²) < 4.78 is 1.98. The summed E-state index contributed by atoms with van der Waals surface area (Å²) >= 11 is 0. The number of hydrogen-bond donors (Lipinski definition) is 1. The molecular weight excluding hydrogens is 188 g/mol. The summed E-state index contributed by atoms with van der Waals surface area (Å²) in [6, 6.07) is 3.84. The molecule has 1 atom stereocenters. The van der Waals surface area contributed by atoms with Crippen molar-refractivity contribution in [2.75, 3.05) is 0 Å². The van der Waals surface area contributed by atoms with Gasteiger partial charge in [0.1, 0.15) is 5.82 Å². The van der Waals surface area contributed by atoms with Crippen LogP contribution in [0.1, 0.15) is 17.4 Å². The first kappa shape index (κ1) is 9.86. The number of hydrogen-bond acceptors (Lipinski definition) is 3. The van der Waals surface area contributed by atoms with Crippen molar-refractivity contribution >= 4 is 0 Å². The highest BCUT2D eigenvalue weighted by atomic mass is 15.0. The predicted octanol–water partition coefficient (Wildman–Crippen LogP) is 1.06. The number of aryl methyl sites for hydroxylation is 1. The molecule has 0 aliphatic carbocycles. The van der Waals surface area contributed by atoms with Gasteiger partial charge in [-0.3, -0.25) is 4.98 Å². The second-order valence-electron chi connectivity index (χ2n) is 3.55. The summed E-state index contributed by atoms with van der Waals surface area (Å²) in [5.74, 6) is 0.992. The molecule has 0 radical (unpaired) electrons. The zero-order valence-corrected chi connectivity index (χ0v) is 8.67. The van der Waals surface area contributed by atoms with E-state index in [2.05, 4.69) is 9.97 Å². The summed E-state index contributed by atoms with van der Waals surface area (Å²) in [5.41, 5.74) is 7.10. The Morgan fingerprint density at radius 3 is 2.93 bits per heavy atom. The van der Waals surface area contributed by atoms with Gasteiger partial charge >= 0.3 is 0 Å². The van der Waals surface area contributed by atoms with E-state index < -0.39 is 0 Å². The van der Waals surface area contributed by atoms with Crippen LogP contribution < -0.4 is 5.73 Å². The third-order valence-electron chi connectivity index (χ3n) is 2.44. The number of aromatic nitrogens is 3. The van der Waals surface area contributed by atoms with E-state index in [4.69, 9.17) is 5.73 Å². The number of nitrogens with two attached hydrogens (primary N) is 1. The molecule has 0 aromatic carbocycles. The summed E-state index contributed by atoms with van der Waals surface area (Å²) in [6.07, 6.45) is 7.98. The van der Waals surface area contributed by atoms with Crippen molar-refractivity contribution < 1.29 is 0 Å². The van der Waals surface area contributed by atoms with Gasteiger partial charge in [0, 0.05) is 44.3 Å². The molecule has 0 aliphatic rings. The van der Waals surface area contributed by atoms with Crippen LogP contribution in [0.3, 0.4) is 0 Å². The van der Waals surface area contributed by atoms with Crippen molar-refractivity contribution in [3.8, 4) is 0 Å². The summed E-state index contributed by atoms with van der Waals surface area (Å²) in [4.78, 5) is 8.29. The van der Waals surface area contributed by atoms with E-state index in [0.717, 1.165) is 17.8 Å². The summed E-state index contributed by atoms with van der Waals surface area (Å²) in [7, 11) is 1.97. The quantitative estimate of drug-likeness (QED) is 0.809. The minimum Gasteiger partial charge on any atom is -0.338 e. The average Bonchev–Trinajstić information content (AvgIpc) is 2.66. The molecule has 2 rings (SSSR count). The smallest absolute Gasteiger partial charge is 0.110 e. The number of rotatable bonds is 3. The lowest BCUT2D eigenvalue weighted by Gasteiger charge is -2.10. The minimum absolute atomic E-state index is 0.0419. The van der Waals surface area contributed by atoms with Gasteiger partial charge in [0.2, 0.25) is 0 Å². The largest absolute Gasteiger partial charge is 0.338 e. The van der Waals surface area contributed by atoms with E-state index in [1.165, 1.54) is 0 Å². The van der Waals surface area contributed by atoms with Crippen LogP contribution in [0, 0.1) is 0 Å². The molecule has 0 spiro atoms. The molecule has 4 nitrogen and oxygen atoms in total. The maximum atomic E-state index is 6.06. The number of pyridine rings is 1. The Labute approximate surface area is 88.8 Å². The minimum atomic E-state index is -0.0419. The van der Waals surface area contributed by atoms with Gasteiger partial charge in [0.05, 0.1) is 0 Å². The SMILES string of the molecule is Cn1ccnc1CC(N)c1cccnc1. The third kappa shape index (κ3) is 2.22. The van der Waals surface area contributed by atoms with E-state index in [9.17, 15) is 0 Å². The van der Waals surface area contributed by atoms with Gasteiger partial charge in [0.15, 0.2) is 0 Å². The molecule has 4 heteroatoms. The lowest BCUT2D eigenvalue weighted by Crippen LogP contribution is -2.15. The van der Waals surface area contributed by atoms with Crippen LogP contribution >= 0.6 is 0 Å². The highest BCUT2D eigenvalue weighted by Gasteiger charge is 2.09. The van der Waals surface area contributed by atoms with Crippen LogP contribution in [-0.4, -0.2) is 14.5 Å². The molecule has 0 fully saturated rings. The Balaban J connectivity index is 2.11. The molecule has 2 aromatic rings. The predicted molar refractivity (Wildman–Crippen MR) is 58.1 cm³/mol. The maximum absolute atomic E-state index is 6.06. The van der Waals surface area contributed by atoms with Crippen molar-refractivity contribution in [3.63, 3.8) is 0 Å². The van der Waals surface area contributed by atoms with E-state index in [1.54, 1.807) is 18.6 Å². The van der Waals surface area contributed by atoms with Crippen molar-refractivity contribution in [1.29, 1.82) is 0 Å². The highest BCUT2D eigenvalue weighted by molar-refractivity contribution is 5.15. The van der Waals surface area contributed by atoms with Gasteiger partial charge in [-0.1, -0.05) is 6.07 Å². The van der Waals surface area contributed by atoms with Gasteiger partial charge in [-0.05, 0) is 11.6 Å². The molecule has 2 heterocycles. The van der Waals surface area contributed by atoms with Gasteiger partial charge in [-0.25, -0.2) is 4.98 Å². The van der Waals surface area contributed by atoms with Crippen LogP contribution in [0.4, 0.5) is 0 Å². The third-order valence-corrected chi connectivity index (χ3v) is 2.44. The first-order valence-corrected chi connectivity index (χ1v) is 4.89. The second kappa shape index (κ2) is 4.23. The Hall–Kier alpha value is -1.68. The van der Waals surface area contributed by atoms with Crippen LogP contribution in [0.2, 0.25) is 0 Å². The van der Waals surface area contributed by atoms with E-state index in [0.29, 0.717) is 0 Å². The maximum Gasteiger partial charge on any atom is 0.110 e. The Kier molecular flexibility index (Phi) is 2.78. The van der Waals surface area contributed by atoms with Crippen LogP contribution in [0.15, 0.2) is 36.9 Å². The highest BCUT2D eigenvalue weighted by Crippen LogP contribution is 2.13. The zero-order valence-electron chi connectivity index (χ0n) is 8.67. The fraction of sp³-hybridized carbons (Fsp3) is 0.273. The van der Waals surface area contributed by atoms with Gasteiger partial charge in [-0.2, -0.15) is 0 Å². The lowest BCUT2D eigenvalue weighted by atomic mass is 10.1. The van der Waals surface area contributed by atoms with Crippen molar-refractivity contribution in [1.82, 2.24) is 14.5 Å². The molecule has 78 valence electrons. The fourth-order valence-corrected chi connectivity index (χ4v) is 1.50. The second-order valence-corrected chi connectivity index (χ2v) is 3.55.